The van der Waals surface area contributed by atoms with Gasteiger partial charge in [-0.1, -0.05) is 26.0 Å². The van der Waals surface area contributed by atoms with Gasteiger partial charge >= 0.3 is 0 Å². The maximum Gasteiger partial charge on any atom is 0.264 e. The summed E-state index contributed by atoms with van der Waals surface area (Å²) in [5.41, 5.74) is 1.14. The minimum Gasteiger partial charge on any atom is -0.497 e. The van der Waals surface area contributed by atoms with Gasteiger partial charge in [0.25, 0.3) is 10.1 Å². The Morgan fingerprint density at radius 1 is 1.32 bits per heavy atom. The molecule has 0 amide bonds. The number of ether oxygens (including phenoxy) is 1. The van der Waals surface area contributed by atoms with Crippen LogP contribution >= 0.6 is 0 Å². The topological polar surface area (TPSA) is 52.6 Å². The molecule has 0 unspecified atom stereocenters. The highest BCUT2D eigenvalue weighted by atomic mass is 32.2. The summed E-state index contributed by atoms with van der Waals surface area (Å²) in [6, 6.07) is 7.87. The highest BCUT2D eigenvalue weighted by Crippen LogP contribution is 2.30. The van der Waals surface area contributed by atoms with Crippen LogP contribution in [0.15, 0.2) is 24.3 Å². The van der Waals surface area contributed by atoms with Crippen LogP contribution in [0.5, 0.6) is 5.75 Å². The van der Waals surface area contributed by atoms with Crippen molar-refractivity contribution in [2.45, 2.75) is 26.2 Å². The summed E-state index contributed by atoms with van der Waals surface area (Å²) in [4.78, 5) is 0. The highest BCUT2D eigenvalue weighted by Gasteiger charge is 2.20. The molecule has 5 heteroatoms. The summed E-state index contributed by atoms with van der Waals surface area (Å²) in [6.45, 7) is 4.29. The second kappa shape index (κ2) is 6.91. The predicted molar refractivity (Wildman–Crippen MR) is 76.0 cm³/mol. The van der Waals surface area contributed by atoms with Crippen LogP contribution in [0.4, 0.5) is 0 Å². The van der Waals surface area contributed by atoms with E-state index < -0.39 is 10.1 Å². The molecule has 0 spiro atoms. The van der Waals surface area contributed by atoms with Crippen LogP contribution in [0.25, 0.3) is 0 Å². The molecular formula is C14H22O4S. The number of hydrogen-bond acceptors (Lipinski definition) is 4. The zero-order valence-electron chi connectivity index (χ0n) is 11.9. The molecule has 0 saturated carbocycles. The number of methoxy groups -OCH3 is 1. The van der Waals surface area contributed by atoms with E-state index in [2.05, 4.69) is 6.92 Å². The molecule has 0 bridgehead atoms. The van der Waals surface area contributed by atoms with Gasteiger partial charge in [-0.25, -0.2) is 0 Å². The lowest BCUT2D eigenvalue weighted by molar-refractivity contribution is 0.241. The average Bonchev–Trinajstić information content (AvgIpc) is 2.37. The third kappa shape index (κ3) is 5.20. The Morgan fingerprint density at radius 3 is 2.53 bits per heavy atom. The Hall–Kier alpha value is -1.07. The zero-order valence-corrected chi connectivity index (χ0v) is 12.7. The molecule has 0 heterocycles. The lowest BCUT2D eigenvalue weighted by Gasteiger charge is -2.23. The van der Waals surface area contributed by atoms with E-state index >= 15 is 0 Å². The molecule has 0 aliphatic heterocycles. The summed E-state index contributed by atoms with van der Waals surface area (Å²) < 4.78 is 32.2. The fourth-order valence-electron chi connectivity index (χ4n) is 2.19. The summed E-state index contributed by atoms with van der Waals surface area (Å²) in [6.07, 6.45) is 1.99. The van der Waals surface area contributed by atoms with Gasteiger partial charge in [-0.2, -0.15) is 8.42 Å². The molecule has 0 radical (unpaired) electrons. The molecule has 0 aromatic heterocycles. The second-order valence-corrected chi connectivity index (χ2v) is 6.40. The molecule has 4 nitrogen and oxygen atoms in total. The van der Waals surface area contributed by atoms with Gasteiger partial charge in [-0.3, -0.25) is 4.18 Å². The van der Waals surface area contributed by atoms with E-state index in [1.165, 1.54) is 0 Å². The van der Waals surface area contributed by atoms with Gasteiger partial charge in [-0.15, -0.1) is 0 Å². The Morgan fingerprint density at radius 2 is 2.00 bits per heavy atom. The van der Waals surface area contributed by atoms with Gasteiger partial charge in [0.2, 0.25) is 0 Å². The zero-order chi connectivity index (χ0) is 14.5. The second-order valence-electron chi connectivity index (χ2n) is 4.76. The van der Waals surface area contributed by atoms with E-state index in [-0.39, 0.29) is 18.4 Å². The van der Waals surface area contributed by atoms with Crippen molar-refractivity contribution in [2.24, 2.45) is 5.92 Å². The van der Waals surface area contributed by atoms with Gasteiger partial charge in [0.05, 0.1) is 20.0 Å². The first kappa shape index (κ1) is 16.0. The quantitative estimate of drug-likeness (QED) is 0.723. The van der Waals surface area contributed by atoms with Gasteiger partial charge in [0.1, 0.15) is 5.75 Å². The minimum atomic E-state index is -3.38. The Labute approximate surface area is 115 Å². The SMILES string of the molecule is CC[C@@H](c1cccc(OC)c1)[C@@H](C)COS(C)(=O)=O. The van der Waals surface area contributed by atoms with Crippen molar-refractivity contribution >= 4 is 10.1 Å². The van der Waals surface area contributed by atoms with Crippen LogP contribution in [0.2, 0.25) is 0 Å². The molecule has 0 fully saturated rings. The predicted octanol–water partition coefficient (Wildman–Crippen LogP) is 2.80. The largest absolute Gasteiger partial charge is 0.497 e. The van der Waals surface area contributed by atoms with E-state index in [1.807, 2.05) is 31.2 Å². The van der Waals surface area contributed by atoms with Crippen molar-refractivity contribution in [1.82, 2.24) is 0 Å². The third-order valence-electron chi connectivity index (χ3n) is 3.19. The number of rotatable bonds is 7. The molecule has 19 heavy (non-hydrogen) atoms. The molecule has 0 saturated heterocycles. The van der Waals surface area contributed by atoms with E-state index in [0.717, 1.165) is 24.0 Å². The van der Waals surface area contributed by atoms with Gasteiger partial charge in [0.15, 0.2) is 0 Å². The van der Waals surface area contributed by atoms with Gasteiger partial charge in [0, 0.05) is 0 Å². The monoisotopic (exact) mass is 286 g/mol. The Balaban J connectivity index is 2.81. The number of benzene rings is 1. The molecule has 1 aromatic rings. The third-order valence-corrected chi connectivity index (χ3v) is 3.76. The highest BCUT2D eigenvalue weighted by molar-refractivity contribution is 7.85. The van der Waals surface area contributed by atoms with E-state index in [4.69, 9.17) is 8.92 Å². The molecule has 108 valence electrons. The normalized spacial score (nSPS) is 14.9. The average molecular weight is 286 g/mol. The Bertz CT molecular complexity index is 496. The molecule has 1 rings (SSSR count). The van der Waals surface area contributed by atoms with Crippen LogP contribution in [0.1, 0.15) is 31.7 Å². The van der Waals surface area contributed by atoms with E-state index in [1.54, 1.807) is 7.11 Å². The Kier molecular flexibility index (Phi) is 5.82. The van der Waals surface area contributed by atoms with Crippen molar-refractivity contribution in [3.8, 4) is 5.75 Å². The maximum absolute atomic E-state index is 11.0. The first-order chi connectivity index (χ1) is 8.87. The standard InChI is InChI=1S/C14H22O4S/c1-5-14(11(2)10-18-19(4,15)16)12-7-6-8-13(9-12)17-3/h6-9,11,14H,5,10H2,1-4H3/t11-,14+/m0/s1. The van der Waals surface area contributed by atoms with Crippen LogP contribution < -0.4 is 4.74 Å². The molecule has 2 atom stereocenters. The first-order valence-corrected chi connectivity index (χ1v) is 8.17. The molecular weight excluding hydrogens is 264 g/mol. The maximum atomic E-state index is 11.0. The minimum absolute atomic E-state index is 0.117. The molecule has 1 aromatic carbocycles. The van der Waals surface area contributed by atoms with Crippen LogP contribution in [0.3, 0.4) is 0 Å². The smallest absolute Gasteiger partial charge is 0.264 e. The molecule has 0 N–H and O–H groups in total. The van der Waals surface area contributed by atoms with Crippen molar-refractivity contribution in [2.75, 3.05) is 20.0 Å². The summed E-state index contributed by atoms with van der Waals surface area (Å²) in [7, 11) is -1.75. The van der Waals surface area contributed by atoms with Crippen LogP contribution in [-0.2, 0) is 14.3 Å². The summed E-state index contributed by atoms with van der Waals surface area (Å²) in [5, 5.41) is 0. The van der Waals surface area contributed by atoms with Crippen molar-refractivity contribution < 1.29 is 17.3 Å². The molecule has 0 aliphatic rings. The number of hydrogen-bond donors (Lipinski definition) is 0. The van der Waals surface area contributed by atoms with Crippen molar-refractivity contribution in [3.05, 3.63) is 29.8 Å². The summed E-state index contributed by atoms with van der Waals surface area (Å²) >= 11 is 0. The van der Waals surface area contributed by atoms with E-state index in [9.17, 15) is 8.42 Å². The fourth-order valence-corrected chi connectivity index (χ4v) is 2.65. The van der Waals surface area contributed by atoms with Gasteiger partial charge in [-0.05, 0) is 36.0 Å². The van der Waals surface area contributed by atoms with Gasteiger partial charge < -0.3 is 4.74 Å². The molecule has 0 aliphatic carbocycles. The van der Waals surface area contributed by atoms with E-state index in [0.29, 0.717) is 0 Å². The van der Waals surface area contributed by atoms with Crippen LogP contribution in [0, 0.1) is 5.92 Å². The lowest BCUT2D eigenvalue weighted by Crippen LogP contribution is -2.17. The fraction of sp³-hybridized carbons (Fsp3) is 0.571. The van der Waals surface area contributed by atoms with Crippen LogP contribution in [-0.4, -0.2) is 28.4 Å². The summed E-state index contributed by atoms with van der Waals surface area (Å²) in [5.74, 6) is 1.18. The lowest BCUT2D eigenvalue weighted by atomic mass is 9.85. The van der Waals surface area contributed by atoms with Crippen molar-refractivity contribution in [1.29, 1.82) is 0 Å². The first-order valence-electron chi connectivity index (χ1n) is 6.35. The van der Waals surface area contributed by atoms with Crippen molar-refractivity contribution in [3.63, 3.8) is 0 Å².